The first kappa shape index (κ1) is 87.1. The van der Waals surface area contributed by atoms with Crippen LogP contribution in [0.25, 0.3) is 0 Å². The molecule has 0 aromatic heterocycles. The van der Waals surface area contributed by atoms with Crippen LogP contribution in [0.2, 0.25) is 0 Å². The second kappa shape index (κ2) is 59.8. The van der Waals surface area contributed by atoms with Gasteiger partial charge in [-0.2, -0.15) is 0 Å². The quantitative estimate of drug-likeness (QED) is 0.0222. The number of phosphoric ester groups is 2. The van der Waals surface area contributed by atoms with Gasteiger partial charge in [0.1, 0.15) is 19.3 Å². The highest BCUT2D eigenvalue weighted by Crippen LogP contribution is 2.45. The van der Waals surface area contributed by atoms with Crippen LogP contribution in [0.15, 0.2) is 0 Å². The van der Waals surface area contributed by atoms with Crippen molar-refractivity contribution in [2.24, 2.45) is 23.7 Å². The van der Waals surface area contributed by atoms with Crippen molar-refractivity contribution in [3.8, 4) is 0 Å². The van der Waals surface area contributed by atoms with Gasteiger partial charge in [-0.15, -0.1) is 0 Å². The molecule has 6 atom stereocenters. The second-order valence-electron chi connectivity index (χ2n) is 26.9. The van der Waals surface area contributed by atoms with Crippen molar-refractivity contribution in [1.82, 2.24) is 0 Å². The summed E-state index contributed by atoms with van der Waals surface area (Å²) >= 11 is 0. The summed E-state index contributed by atoms with van der Waals surface area (Å²) in [7, 11) is -9.90. The average Bonchev–Trinajstić information content (AvgIpc) is 3.70. The van der Waals surface area contributed by atoms with Crippen molar-refractivity contribution in [1.29, 1.82) is 0 Å². The maximum absolute atomic E-state index is 13.0. The number of aliphatic hydroxyl groups excluding tert-OH is 1. The summed E-state index contributed by atoms with van der Waals surface area (Å²) in [4.78, 5) is 72.5. The van der Waals surface area contributed by atoms with Gasteiger partial charge in [-0.05, 0) is 49.4 Å². The fourth-order valence-electron chi connectivity index (χ4n) is 10.5. The summed E-state index contributed by atoms with van der Waals surface area (Å²) in [6.07, 6.45) is 41.8. The lowest BCUT2D eigenvalue weighted by atomic mass is 10.00. The Labute approximate surface area is 543 Å². The summed E-state index contributed by atoms with van der Waals surface area (Å²) < 4.78 is 68.2. The van der Waals surface area contributed by atoms with Gasteiger partial charge in [0.25, 0.3) is 0 Å². The number of aliphatic hydroxyl groups is 1. The molecule has 0 fully saturated rings. The molecule has 0 spiro atoms. The van der Waals surface area contributed by atoms with Gasteiger partial charge in [-0.3, -0.25) is 37.3 Å². The van der Waals surface area contributed by atoms with Crippen molar-refractivity contribution < 1.29 is 80.2 Å². The van der Waals surface area contributed by atoms with Crippen LogP contribution < -0.4 is 0 Å². The maximum atomic E-state index is 13.0. The third-order valence-corrected chi connectivity index (χ3v) is 18.3. The second-order valence-corrected chi connectivity index (χ2v) is 29.8. The first-order chi connectivity index (χ1) is 42.6. The molecule has 0 aliphatic rings. The lowest BCUT2D eigenvalue weighted by Gasteiger charge is -2.21. The van der Waals surface area contributed by atoms with Crippen LogP contribution in [0.4, 0.5) is 0 Å². The molecule has 89 heavy (non-hydrogen) atoms. The van der Waals surface area contributed by atoms with Crippen LogP contribution >= 0.6 is 15.6 Å². The van der Waals surface area contributed by atoms with Crippen LogP contribution in [0.3, 0.4) is 0 Å². The molecule has 19 heteroatoms. The van der Waals surface area contributed by atoms with E-state index in [1.165, 1.54) is 141 Å². The minimum Gasteiger partial charge on any atom is -0.462 e. The zero-order chi connectivity index (χ0) is 66.1. The first-order valence-corrected chi connectivity index (χ1v) is 39.2. The Morgan fingerprint density at radius 3 is 0.798 bits per heavy atom. The Hall–Kier alpha value is -1.94. The molecule has 528 valence electrons. The molecule has 0 radical (unpaired) electrons. The van der Waals surface area contributed by atoms with E-state index in [1.54, 1.807) is 0 Å². The third-order valence-electron chi connectivity index (χ3n) is 16.4. The van der Waals surface area contributed by atoms with E-state index in [1.807, 2.05) is 0 Å². The number of esters is 4. The van der Waals surface area contributed by atoms with Crippen LogP contribution in [0.1, 0.15) is 344 Å². The number of carbonyl (C=O) groups is 4. The monoisotopic (exact) mass is 1310 g/mol. The minimum absolute atomic E-state index is 0.102. The fraction of sp³-hybridized carbons (Fsp3) is 0.943. The van der Waals surface area contributed by atoms with Gasteiger partial charge in [-0.1, -0.05) is 293 Å². The number of hydrogen-bond donors (Lipinski definition) is 3. The molecule has 17 nitrogen and oxygen atoms in total. The van der Waals surface area contributed by atoms with Crippen molar-refractivity contribution in [3.05, 3.63) is 0 Å². The summed E-state index contributed by atoms with van der Waals surface area (Å²) in [6.45, 7) is 14.0. The maximum Gasteiger partial charge on any atom is 0.472 e. The van der Waals surface area contributed by atoms with Gasteiger partial charge in [0.2, 0.25) is 0 Å². The van der Waals surface area contributed by atoms with Crippen molar-refractivity contribution in [2.45, 2.75) is 363 Å². The van der Waals surface area contributed by atoms with E-state index >= 15 is 0 Å². The van der Waals surface area contributed by atoms with Crippen molar-refractivity contribution in [2.75, 3.05) is 39.6 Å². The Morgan fingerprint density at radius 1 is 0.315 bits per heavy atom. The zero-order valence-corrected chi connectivity index (χ0v) is 59.8. The molecule has 0 bridgehead atoms. The Morgan fingerprint density at radius 2 is 0.539 bits per heavy atom. The molecule has 0 rings (SSSR count). The number of unbranched alkanes of at least 4 members (excludes halogenated alkanes) is 32. The molecule has 3 N–H and O–H groups in total. The van der Waals surface area contributed by atoms with Gasteiger partial charge in [0.05, 0.1) is 26.4 Å². The van der Waals surface area contributed by atoms with E-state index < -0.39 is 97.5 Å². The summed E-state index contributed by atoms with van der Waals surface area (Å²) in [5, 5.41) is 10.6. The summed E-state index contributed by atoms with van der Waals surface area (Å²) in [5.41, 5.74) is 0. The highest BCUT2D eigenvalue weighted by Gasteiger charge is 2.30. The molecule has 0 saturated heterocycles. The summed E-state index contributed by atoms with van der Waals surface area (Å²) in [5.74, 6) is 0.833. The standard InChI is InChI=1S/C70H136O17P2/c1-9-63(8)49-41-33-28-29-35-43-51-68(73)81-57-66(87-70(75)53-45-37-27-21-24-32-40-48-62(6)7)59-85-89(78,79)83-55-64(71)54-82-88(76,77)84-58-65(56-80-67(72)50-42-34-25-20-16-18-23-31-39-47-61(4)5)86-69(74)52-44-36-26-19-15-13-11-10-12-14-17-22-30-38-46-60(2)3/h60-66,71H,9-59H2,1-8H3,(H,76,77)(H,78,79)/t63?,64-,65-,66-/m1/s1. The number of rotatable bonds is 67. The van der Waals surface area contributed by atoms with E-state index in [9.17, 15) is 43.2 Å². The third kappa shape index (κ3) is 63.2. The summed E-state index contributed by atoms with van der Waals surface area (Å²) in [6, 6.07) is 0. The molecular weight excluding hydrogens is 1170 g/mol. The average molecular weight is 1310 g/mol. The molecule has 3 unspecified atom stereocenters. The number of hydrogen-bond acceptors (Lipinski definition) is 15. The molecule has 0 saturated carbocycles. The molecule has 0 aliphatic heterocycles. The Balaban J connectivity index is 5.24. The predicted molar refractivity (Wildman–Crippen MR) is 358 cm³/mol. The molecular formula is C70H136O17P2. The predicted octanol–water partition coefficient (Wildman–Crippen LogP) is 19.7. The van der Waals surface area contributed by atoms with E-state index in [2.05, 4.69) is 55.4 Å². The van der Waals surface area contributed by atoms with Gasteiger partial charge >= 0.3 is 39.5 Å². The van der Waals surface area contributed by atoms with Gasteiger partial charge < -0.3 is 33.8 Å². The molecule has 0 heterocycles. The van der Waals surface area contributed by atoms with Crippen LogP contribution in [0, 0.1) is 23.7 Å². The SMILES string of the molecule is CCC(C)CCCCCCCCC(=O)OC[C@H](COP(=O)(O)OC[C@H](O)COP(=O)(O)OC[C@@H](COC(=O)CCCCCCCCCCCC(C)C)OC(=O)CCCCCCCCCCCCCCCCC(C)C)OC(=O)CCCCCCCCCC(C)C. The van der Waals surface area contributed by atoms with E-state index in [4.69, 9.17) is 37.0 Å². The number of ether oxygens (including phenoxy) is 4. The molecule has 0 aliphatic carbocycles. The van der Waals surface area contributed by atoms with Crippen molar-refractivity contribution in [3.63, 3.8) is 0 Å². The molecule has 0 aromatic carbocycles. The van der Waals surface area contributed by atoms with Crippen molar-refractivity contribution >= 4 is 39.5 Å². The van der Waals surface area contributed by atoms with Gasteiger partial charge in [-0.25, -0.2) is 9.13 Å². The smallest absolute Gasteiger partial charge is 0.462 e. The van der Waals surface area contributed by atoms with Gasteiger partial charge in [0.15, 0.2) is 12.2 Å². The largest absolute Gasteiger partial charge is 0.472 e. The lowest BCUT2D eigenvalue weighted by molar-refractivity contribution is -0.161. The van der Waals surface area contributed by atoms with Crippen LogP contribution in [0.5, 0.6) is 0 Å². The van der Waals surface area contributed by atoms with E-state index in [-0.39, 0.29) is 25.7 Å². The Bertz CT molecular complexity index is 1770. The molecule has 0 amide bonds. The van der Waals surface area contributed by atoms with Crippen LogP contribution in [-0.4, -0.2) is 96.7 Å². The lowest BCUT2D eigenvalue weighted by Crippen LogP contribution is -2.30. The fourth-order valence-corrected chi connectivity index (χ4v) is 12.0. The zero-order valence-electron chi connectivity index (χ0n) is 58.1. The normalized spacial score (nSPS) is 14.6. The minimum atomic E-state index is -4.95. The highest BCUT2D eigenvalue weighted by molar-refractivity contribution is 7.47. The van der Waals surface area contributed by atoms with Gasteiger partial charge in [0, 0.05) is 25.7 Å². The topological polar surface area (TPSA) is 237 Å². The first-order valence-electron chi connectivity index (χ1n) is 36.2. The Kier molecular flexibility index (Phi) is 58.5. The van der Waals surface area contributed by atoms with Crippen LogP contribution in [-0.2, 0) is 65.4 Å². The number of phosphoric acid groups is 2. The highest BCUT2D eigenvalue weighted by atomic mass is 31.2. The number of carbonyl (C=O) groups excluding carboxylic acids is 4. The molecule has 0 aromatic rings. The van der Waals surface area contributed by atoms with E-state index in [0.717, 1.165) is 114 Å². The van der Waals surface area contributed by atoms with E-state index in [0.29, 0.717) is 31.6 Å².